The van der Waals surface area contributed by atoms with Gasteiger partial charge in [0.2, 0.25) is 0 Å². The summed E-state index contributed by atoms with van der Waals surface area (Å²) in [4.78, 5) is 0. The summed E-state index contributed by atoms with van der Waals surface area (Å²) in [7, 11) is 1.71. The van der Waals surface area contributed by atoms with E-state index in [0.717, 1.165) is 40.9 Å². The van der Waals surface area contributed by atoms with Gasteiger partial charge in [0.1, 0.15) is 11.5 Å². The Kier molecular flexibility index (Phi) is 6.14. The van der Waals surface area contributed by atoms with Gasteiger partial charge in [-0.15, -0.1) is 0 Å². The Morgan fingerprint density at radius 2 is 1.28 bits per heavy atom. The fourth-order valence-corrected chi connectivity index (χ4v) is 8.67. The Bertz CT molecular complexity index is 2390. The van der Waals surface area contributed by atoms with Crippen LogP contribution < -0.4 is 9.47 Å². The highest BCUT2D eigenvalue weighted by Gasteiger charge is 2.46. The Labute approximate surface area is 275 Å². The number of hydrogen-bond acceptors (Lipinski definition) is 2. The standard InChI is InChI=1S/C45H36O2/c1-4-44(5-2)40-17-11-10-16-38(40)41-36-14-8-9-15-37(36)43-39(42(41)44)26-27-45(47-43,31-20-23-33(46-3)24-21-31)32-22-25-35-30(28-32)19-18-29-12-6-7-13-34(29)35/h6-28H,4-5H2,1-3H3. The van der Waals surface area contributed by atoms with E-state index >= 15 is 0 Å². The van der Waals surface area contributed by atoms with Crippen LogP contribution in [0.25, 0.3) is 49.5 Å². The van der Waals surface area contributed by atoms with Crippen LogP contribution in [0.1, 0.15) is 54.5 Å². The quantitative estimate of drug-likeness (QED) is 0.181. The van der Waals surface area contributed by atoms with Crippen LogP contribution in [0.5, 0.6) is 11.5 Å². The van der Waals surface area contributed by atoms with E-state index in [9.17, 15) is 0 Å². The third kappa shape index (κ3) is 3.79. The number of ether oxygens (including phenoxy) is 2. The molecular weight excluding hydrogens is 572 g/mol. The molecule has 0 bridgehead atoms. The molecule has 2 heteroatoms. The second kappa shape index (κ2) is 10.3. The van der Waals surface area contributed by atoms with E-state index in [1.54, 1.807) is 7.11 Å². The van der Waals surface area contributed by atoms with Crippen molar-refractivity contribution in [2.45, 2.75) is 37.7 Å². The lowest BCUT2D eigenvalue weighted by Gasteiger charge is -2.39. The van der Waals surface area contributed by atoms with E-state index in [1.165, 1.54) is 54.7 Å². The first-order valence-electron chi connectivity index (χ1n) is 16.8. The molecule has 47 heavy (non-hydrogen) atoms. The van der Waals surface area contributed by atoms with Crippen LogP contribution in [0.15, 0.2) is 133 Å². The van der Waals surface area contributed by atoms with Gasteiger partial charge in [-0.2, -0.15) is 0 Å². The Morgan fingerprint density at radius 1 is 0.617 bits per heavy atom. The van der Waals surface area contributed by atoms with Crippen molar-refractivity contribution in [2.75, 3.05) is 7.11 Å². The van der Waals surface area contributed by atoms with Gasteiger partial charge in [-0.3, -0.25) is 0 Å². The third-order valence-electron chi connectivity index (χ3n) is 11.0. The van der Waals surface area contributed by atoms with Gasteiger partial charge in [0.15, 0.2) is 5.60 Å². The first-order valence-corrected chi connectivity index (χ1v) is 16.8. The van der Waals surface area contributed by atoms with Crippen molar-refractivity contribution in [3.05, 3.63) is 161 Å². The summed E-state index contributed by atoms with van der Waals surface area (Å²) >= 11 is 0. The summed E-state index contributed by atoms with van der Waals surface area (Å²) in [5, 5.41) is 7.35. The van der Waals surface area contributed by atoms with Gasteiger partial charge in [-0.05, 0) is 86.3 Å². The monoisotopic (exact) mass is 608 g/mol. The lowest BCUT2D eigenvalue weighted by molar-refractivity contribution is 0.163. The van der Waals surface area contributed by atoms with Gasteiger partial charge in [-0.25, -0.2) is 0 Å². The molecule has 9 rings (SSSR count). The molecule has 0 radical (unpaired) electrons. The third-order valence-corrected chi connectivity index (χ3v) is 11.0. The van der Waals surface area contributed by atoms with Crippen LogP contribution in [0, 0.1) is 0 Å². The molecule has 1 atom stereocenters. The van der Waals surface area contributed by atoms with Crippen LogP contribution in [0.2, 0.25) is 0 Å². The van der Waals surface area contributed by atoms with Gasteiger partial charge in [-0.1, -0.05) is 129 Å². The Morgan fingerprint density at radius 3 is 2.06 bits per heavy atom. The maximum atomic E-state index is 7.59. The maximum Gasteiger partial charge on any atom is 0.178 e. The average molecular weight is 609 g/mol. The molecule has 0 N–H and O–H groups in total. The lowest BCUT2D eigenvalue weighted by Crippen LogP contribution is -2.35. The molecular formula is C45H36O2. The van der Waals surface area contributed by atoms with E-state index in [1.807, 2.05) is 12.1 Å². The fraction of sp³-hybridized carbons (Fsp3) is 0.156. The second-order valence-corrected chi connectivity index (χ2v) is 13.0. The smallest absolute Gasteiger partial charge is 0.178 e. The van der Waals surface area contributed by atoms with Gasteiger partial charge in [0, 0.05) is 27.5 Å². The minimum absolute atomic E-state index is 0.0855. The molecule has 0 amide bonds. The molecule has 7 aromatic rings. The summed E-state index contributed by atoms with van der Waals surface area (Å²) in [6.07, 6.45) is 6.71. The SMILES string of the molecule is CCC1(CC)c2ccccc2-c2c1c1c(c3ccccc23)OC(c2ccc(OC)cc2)(c2ccc3c(ccc4ccccc43)c2)C=C1. The van der Waals surface area contributed by atoms with Crippen molar-refractivity contribution in [2.24, 2.45) is 0 Å². The zero-order valence-electron chi connectivity index (χ0n) is 27.0. The molecule has 1 heterocycles. The van der Waals surface area contributed by atoms with E-state index in [0.29, 0.717) is 0 Å². The molecule has 2 aliphatic rings. The summed E-state index contributed by atoms with van der Waals surface area (Å²) < 4.78 is 13.2. The van der Waals surface area contributed by atoms with E-state index in [-0.39, 0.29) is 5.41 Å². The number of methoxy groups -OCH3 is 1. The average Bonchev–Trinajstić information content (AvgIpc) is 3.45. The maximum absolute atomic E-state index is 7.59. The van der Waals surface area contributed by atoms with Crippen LogP contribution in [-0.2, 0) is 11.0 Å². The van der Waals surface area contributed by atoms with Gasteiger partial charge < -0.3 is 9.47 Å². The summed E-state index contributed by atoms with van der Waals surface area (Å²) in [5.41, 5.74) is 7.98. The van der Waals surface area contributed by atoms with Crippen molar-refractivity contribution in [1.82, 2.24) is 0 Å². The number of benzene rings is 7. The molecule has 0 fully saturated rings. The van der Waals surface area contributed by atoms with Crippen molar-refractivity contribution in [3.63, 3.8) is 0 Å². The van der Waals surface area contributed by atoms with Gasteiger partial charge in [0.25, 0.3) is 0 Å². The summed E-state index contributed by atoms with van der Waals surface area (Å²) in [6, 6.07) is 46.1. The highest BCUT2D eigenvalue weighted by Crippen LogP contribution is 2.60. The molecule has 2 nitrogen and oxygen atoms in total. The van der Waals surface area contributed by atoms with Crippen LogP contribution in [-0.4, -0.2) is 7.11 Å². The van der Waals surface area contributed by atoms with Crippen LogP contribution >= 0.6 is 0 Å². The minimum atomic E-state index is -0.845. The molecule has 1 aliphatic carbocycles. The van der Waals surface area contributed by atoms with Crippen molar-refractivity contribution < 1.29 is 9.47 Å². The van der Waals surface area contributed by atoms with Crippen molar-refractivity contribution >= 4 is 38.4 Å². The Balaban J connectivity index is 1.34. The van der Waals surface area contributed by atoms with E-state index in [2.05, 4.69) is 141 Å². The van der Waals surface area contributed by atoms with E-state index in [4.69, 9.17) is 9.47 Å². The molecule has 228 valence electrons. The van der Waals surface area contributed by atoms with Crippen LogP contribution in [0.3, 0.4) is 0 Å². The van der Waals surface area contributed by atoms with Gasteiger partial charge >= 0.3 is 0 Å². The normalized spacial score (nSPS) is 17.3. The molecule has 7 aromatic carbocycles. The zero-order valence-corrected chi connectivity index (χ0v) is 27.0. The first-order chi connectivity index (χ1) is 23.1. The highest BCUT2D eigenvalue weighted by molar-refractivity contribution is 6.09. The number of hydrogen-bond donors (Lipinski definition) is 0. The lowest BCUT2D eigenvalue weighted by atomic mass is 9.71. The highest BCUT2D eigenvalue weighted by atomic mass is 16.5. The van der Waals surface area contributed by atoms with Crippen molar-refractivity contribution in [3.8, 4) is 22.6 Å². The number of rotatable bonds is 5. The first kappa shape index (κ1) is 27.9. The summed E-state index contributed by atoms with van der Waals surface area (Å²) in [5.74, 6) is 1.78. The summed E-state index contributed by atoms with van der Waals surface area (Å²) in [6.45, 7) is 4.68. The van der Waals surface area contributed by atoms with Crippen molar-refractivity contribution in [1.29, 1.82) is 0 Å². The molecule has 1 unspecified atom stereocenters. The predicted molar refractivity (Wildman–Crippen MR) is 196 cm³/mol. The molecule has 0 aromatic heterocycles. The second-order valence-electron chi connectivity index (χ2n) is 13.0. The molecule has 1 aliphatic heterocycles. The number of fused-ring (bicyclic) bond motifs is 11. The Hall–Kier alpha value is -5.34. The van der Waals surface area contributed by atoms with E-state index < -0.39 is 5.60 Å². The molecule has 0 saturated heterocycles. The minimum Gasteiger partial charge on any atom is -0.497 e. The molecule has 0 spiro atoms. The largest absolute Gasteiger partial charge is 0.497 e. The molecule has 0 saturated carbocycles. The fourth-order valence-electron chi connectivity index (χ4n) is 8.67. The van der Waals surface area contributed by atoms with Gasteiger partial charge in [0.05, 0.1) is 7.11 Å². The van der Waals surface area contributed by atoms with Crippen LogP contribution in [0.4, 0.5) is 0 Å². The predicted octanol–water partition coefficient (Wildman–Crippen LogP) is 11.6. The zero-order chi connectivity index (χ0) is 31.8. The topological polar surface area (TPSA) is 18.5 Å².